The highest BCUT2D eigenvalue weighted by molar-refractivity contribution is 6.02. The van der Waals surface area contributed by atoms with E-state index in [0.717, 1.165) is 21.7 Å². The van der Waals surface area contributed by atoms with Crippen LogP contribution in [-0.2, 0) is 19.1 Å². The first-order chi connectivity index (χ1) is 25.5. The largest absolute Gasteiger partial charge is 0.465 e. The number of hydrazine groups is 1. The molecule has 1 unspecified atom stereocenters. The molecule has 3 atom stereocenters. The van der Waals surface area contributed by atoms with Crippen LogP contribution >= 0.6 is 0 Å². The number of urea groups is 1. The number of hydrogen-bond donors (Lipinski definition) is 5. The molecule has 3 aromatic carbocycles. The number of ether oxygens (including phenoxy) is 2. The van der Waals surface area contributed by atoms with E-state index in [-0.39, 0.29) is 25.4 Å². The summed E-state index contributed by atoms with van der Waals surface area (Å²) in [5.41, 5.74) is 4.91. The Labute approximate surface area is 310 Å². The molecule has 4 rings (SSSR count). The molecular weight excluding hydrogens is 678 g/mol. The predicted molar refractivity (Wildman–Crippen MR) is 204 cm³/mol. The second-order valence-electron chi connectivity index (χ2n) is 12.7. The number of pyridine rings is 1. The van der Waals surface area contributed by atoms with Crippen molar-refractivity contribution in [3.05, 3.63) is 84.6 Å². The number of carbonyl (C=O) groups excluding carboxylic acids is 3. The maximum atomic E-state index is 14.2. The molecule has 0 spiro atoms. The first-order valence-corrected chi connectivity index (χ1v) is 17.9. The average molecular weight is 730 g/mol. The monoisotopic (exact) mass is 729 g/mol. The van der Waals surface area contributed by atoms with Crippen molar-refractivity contribution in [2.45, 2.75) is 58.4 Å². The number of para-hydroxylation sites is 1. The summed E-state index contributed by atoms with van der Waals surface area (Å²) in [6.07, 6.45) is 1.04. The zero-order valence-corrected chi connectivity index (χ0v) is 31.0. The highest BCUT2D eigenvalue weighted by atomic mass is 16.7. The minimum absolute atomic E-state index is 0.197. The van der Waals surface area contributed by atoms with E-state index in [1.807, 2.05) is 93.6 Å². The number of rotatable bonds is 19. The lowest BCUT2D eigenvalue weighted by molar-refractivity contribution is -0.170. The SMILES string of the molecule is CCOC(OCC)[C@@H](C)C(NC(=O)[C@H](CCCCNC(=O)O)NC(=O)CN(C)NC(=O)N(C)c1cccc2ccccc12)c1cccc2cccnc12. The van der Waals surface area contributed by atoms with Crippen LogP contribution in [-0.4, -0.2) is 91.8 Å². The van der Waals surface area contributed by atoms with E-state index in [2.05, 4.69) is 26.4 Å². The zero-order valence-electron chi connectivity index (χ0n) is 31.0. The molecule has 0 saturated carbocycles. The Kier molecular flexibility index (Phi) is 15.3. The predicted octanol–water partition coefficient (Wildman–Crippen LogP) is 5.20. The molecule has 4 aromatic rings. The Hall–Kier alpha value is -5.31. The van der Waals surface area contributed by atoms with Gasteiger partial charge in [0.05, 0.1) is 23.8 Å². The number of unbranched alkanes of at least 4 members (excludes halogenated alkanes) is 1. The maximum absolute atomic E-state index is 14.2. The van der Waals surface area contributed by atoms with Crippen molar-refractivity contribution in [2.24, 2.45) is 5.92 Å². The lowest BCUT2D eigenvalue weighted by atomic mass is 9.91. The van der Waals surface area contributed by atoms with Gasteiger partial charge in [0, 0.05) is 62.3 Å². The molecule has 0 aliphatic carbocycles. The van der Waals surface area contributed by atoms with Gasteiger partial charge in [0.1, 0.15) is 6.04 Å². The quantitative estimate of drug-likeness (QED) is 0.0494. The molecule has 5 N–H and O–H groups in total. The lowest BCUT2D eigenvalue weighted by Crippen LogP contribution is -2.53. The number of benzene rings is 3. The molecule has 0 radical (unpaired) electrons. The highest BCUT2D eigenvalue weighted by Crippen LogP contribution is 2.32. The summed E-state index contributed by atoms with van der Waals surface area (Å²) in [6.45, 7) is 6.42. The first kappa shape index (κ1) is 40.5. The molecule has 0 aliphatic heterocycles. The van der Waals surface area contributed by atoms with Crippen molar-refractivity contribution in [3.63, 3.8) is 0 Å². The Balaban J connectivity index is 1.51. The van der Waals surface area contributed by atoms with Crippen LogP contribution in [0.15, 0.2) is 79.0 Å². The minimum atomic E-state index is -1.14. The number of anilines is 1. The van der Waals surface area contributed by atoms with Gasteiger partial charge in [0.25, 0.3) is 0 Å². The fraction of sp³-hybridized carbons (Fsp3) is 0.410. The summed E-state index contributed by atoms with van der Waals surface area (Å²) < 4.78 is 11.9. The lowest BCUT2D eigenvalue weighted by Gasteiger charge is -2.33. The molecule has 0 aliphatic rings. The molecule has 0 saturated heterocycles. The van der Waals surface area contributed by atoms with Crippen molar-refractivity contribution in [1.29, 1.82) is 0 Å². The highest BCUT2D eigenvalue weighted by Gasteiger charge is 2.33. The maximum Gasteiger partial charge on any atom is 0.404 e. The van der Waals surface area contributed by atoms with Crippen molar-refractivity contribution in [1.82, 2.24) is 31.4 Å². The first-order valence-electron chi connectivity index (χ1n) is 17.9. The number of carboxylic acid groups (broad SMARTS) is 1. The number of fused-ring (bicyclic) bond motifs is 2. The fourth-order valence-corrected chi connectivity index (χ4v) is 6.24. The van der Waals surface area contributed by atoms with Crippen LogP contribution in [0.3, 0.4) is 0 Å². The number of hydrogen-bond acceptors (Lipinski definition) is 8. The third-order valence-electron chi connectivity index (χ3n) is 8.86. The molecule has 0 bridgehead atoms. The van der Waals surface area contributed by atoms with E-state index < -0.39 is 42.3 Å². The Bertz CT molecular complexity index is 1820. The molecule has 1 heterocycles. The summed E-state index contributed by atoms with van der Waals surface area (Å²) in [4.78, 5) is 57.9. The van der Waals surface area contributed by atoms with Gasteiger partial charge in [0.15, 0.2) is 6.29 Å². The third-order valence-corrected chi connectivity index (χ3v) is 8.86. The van der Waals surface area contributed by atoms with Crippen molar-refractivity contribution in [2.75, 3.05) is 45.3 Å². The van der Waals surface area contributed by atoms with Gasteiger partial charge in [-0.3, -0.25) is 24.9 Å². The molecule has 14 heteroatoms. The van der Waals surface area contributed by atoms with Crippen LogP contribution in [0.25, 0.3) is 21.7 Å². The summed E-state index contributed by atoms with van der Waals surface area (Å²) in [7, 11) is 3.21. The smallest absolute Gasteiger partial charge is 0.404 e. The number of aromatic nitrogens is 1. The van der Waals surface area contributed by atoms with Crippen molar-refractivity contribution >= 4 is 51.3 Å². The number of amides is 5. The topological polar surface area (TPSA) is 174 Å². The summed E-state index contributed by atoms with van der Waals surface area (Å²) in [5, 5.41) is 21.5. The third kappa shape index (κ3) is 11.3. The van der Waals surface area contributed by atoms with Crippen molar-refractivity contribution < 1.29 is 33.8 Å². The second kappa shape index (κ2) is 20.1. The van der Waals surface area contributed by atoms with E-state index in [1.165, 1.54) is 9.91 Å². The van der Waals surface area contributed by atoms with E-state index >= 15 is 0 Å². The van der Waals surface area contributed by atoms with E-state index in [9.17, 15) is 19.2 Å². The molecule has 1 aromatic heterocycles. The van der Waals surface area contributed by atoms with Gasteiger partial charge in [-0.2, -0.15) is 0 Å². The Morgan fingerprint density at radius 1 is 0.849 bits per heavy atom. The average Bonchev–Trinajstić information content (AvgIpc) is 3.15. The van der Waals surface area contributed by atoms with Gasteiger partial charge in [0.2, 0.25) is 11.8 Å². The van der Waals surface area contributed by atoms with Crippen LogP contribution in [0.4, 0.5) is 15.3 Å². The van der Waals surface area contributed by atoms with E-state index in [4.69, 9.17) is 14.6 Å². The van der Waals surface area contributed by atoms with Gasteiger partial charge in [-0.25, -0.2) is 14.6 Å². The minimum Gasteiger partial charge on any atom is -0.465 e. The van der Waals surface area contributed by atoms with Crippen LogP contribution in [0.5, 0.6) is 0 Å². The number of likely N-dealkylation sites (N-methyl/N-ethyl adjacent to an activating group) is 1. The number of nitrogens with one attached hydrogen (secondary N) is 4. The second-order valence-corrected chi connectivity index (χ2v) is 12.7. The van der Waals surface area contributed by atoms with Crippen LogP contribution in [0.1, 0.15) is 51.6 Å². The molecular formula is C39H51N7O7. The Morgan fingerprint density at radius 3 is 2.26 bits per heavy atom. The van der Waals surface area contributed by atoms with Gasteiger partial charge in [-0.05, 0) is 50.6 Å². The zero-order chi connectivity index (χ0) is 38.3. The number of carbonyl (C=O) groups is 4. The molecule has 0 fully saturated rings. The standard InChI is InChI=1S/C39H51N7O7/c1-6-52-37(53-7-2)26(3)34(30-20-12-17-28-18-14-24-40-35(28)30)43-36(48)31(21-10-11-23-41-39(50)51)42-33(47)25-45(4)44-38(49)46(5)32-22-13-16-27-15-8-9-19-29(27)32/h8-9,12-20,22,24,26,31,34,37,41H,6-7,10-11,21,23,25H2,1-5H3,(H,42,47)(H,43,48)(H,44,49)(H,50,51)/t26-,31-,34?/m0/s1. The van der Waals surface area contributed by atoms with Crippen LogP contribution < -0.4 is 26.3 Å². The van der Waals surface area contributed by atoms with E-state index in [1.54, 1.807) is 20.3 Å². The van der Waals surface area contributed by atoms with Crippen LogP contribution in [0, 0.1) is 5.92 Å². The van der Waals surface area contributed by atoms with Crippen LogP contribution in [0.2, 0.25) is 0 Å². The summed E-state index contributed by atoms with van der Waals surface area (Å²) in [5.74, 6) is -1.31. The summed E-state index contributed by atoms with van der Waals surface area (Å²) >= 11 is 0. The van der Waals surface area contributed by atoms with Gasteiger partial charge < -0.3 is 30.5 Å². The molecule has 14 nitrogen and oxygen atoms in total. The number of nitrogens with zero attached hydrogens (tertiary/aromatic N) is 3. The van der Waals surface area contributed by atoms with Gasteiger partial charge >= 0.3 is 12.1 Å². The Morgan fingerprint density at radius 2 is 1.53 bits per heavy atom. The molecule has 5 amide bonds. The summed E-state index contributed by atoms with van der Waals surface area (Å²) in [6, 6.07) is 20.9. The van der Waals surface area contributed by atoms with Gasteiger partial charge in [-0.15, -0.1) is 0 Å². The molecule has 284 valence electrons. The van der Waals surface area contributed by atoms with Crippen molar-refractivity contribution in [3.8, 4) is 0 Å². The normalized spacial score (nSPS) is 13.0. The van der Waals surface area contributed by atoms with E-state index in [0.29, 0.717) is 37.3 Å². The van der Waals surface area contributed by atoms with Gasteiger partial charge in [-0.1, -0.05) is 67.6 Å². The fourth-order valence-electron chi connectivity index (χ4n) is 6.24. The molecule has 53 heavy (non-hydrogen) atoms.